The molecule has 0 aromatic rings. The summed E-state index contributed by atoms with van der Waals surface area (Å²) in [7, 11) is 0. The monoisotopic (exact) mass is 251 g/mol. The maximum Gasteiger partial charge on any atom is 0 e. The van der Waals surface area contributed by atoms with Crippen molar-refractivity contribution >= 4 is 0 Å². The van der Waals surface area contributed by atoms with Crippen LogP contribution < -0.4 is 0 Å². The van der Waals surface area contributed by atoms with Crippen molar-refractivity contribution in [3.63, 3.8) is 0 Å². The maximum absolute atomic E-state index is 0. The molecule has 0 aliphatic heterocycles. The molecule has 10 heteroatoms. The van der Waals surface area contributed by atoms with E-state index in [0.29, 0.717) is 0 Å². The molecule has 0 unspecified atom stereocenters. The second-order valence-electron chi connectivity index (χ2n) is 0. The Balaban J connectivity index is 0. The molecule has 0 saturated heterocycles. The molecule has 0 aliphatic carbocycles. The van der Waals surface area contributed by atoms with Crippen molar-refractivity contribution in [2.24, 2.45) is 0 Å². The normalized spacial score (nSPS) is 0. The van der Waals surface area contributed by atoms with Gasteiger partial charge in [0.1, 0.15) is 0 Å². The van der Waals surface area contributed by atoms with Gasteiger partial charge in [-0.3, -0.25) is 0 Å². The molecule has 0 aromatic carbocycles. The summed E-state index contributed by atoms with van der Waals surface area (Å²) < 4.78 is 0. The average molecular weight is 251 g/mol. The minimum absolute atomic E-state index is 0. The number of hydrogen-bond donors (Lipinski definition) is 0. The predicted molar refractivity (Wildman–Crippen MR) is 32.5 cm³/mol. The molecule has 0 aliphatic rings. The van der Waals surface area contributed by atoms with Gasteiger partial charge >= 0.3 is 0 Å². The summed E-state index contributed by atoms with van der Waals surface area (Å²) in [5, 5.41) is 0. The first-order valence-electron chi connectivity index (χ1n) is 0. The second kappa shape index (κ2) is 1350. The summed E-state index contributed by atoms with van der Waals surface area (Å²) >= 11 is 0. The van der Waals surface area contributed by atoms with E-state index in [4.69, 9.17) is 0 Å². The van der Waals surface area contributed by atoms with E-state index in [2.05, 4.69) is 0 Å². The molecule has 0 bridgehead atoms. The van der Waals surface area contributed by atoms with E-state index in [-0.39, 0.29) is 82.0 Å². The van der Waals surface area contributed by atoms with Crippen LogP contribution in [0.5, 0.6) is 0 Å². The van der Waals surface area contributed by atoms with Gasteiger partial charge in [-0.15, -0.1) is 0 Å². The van der Waals surface area contributed by atoms with Crippen LogP contribution in [0, 0.1) is 0 Å². The van der Waals surface area contributed by atoms with E-state index in [0.717, 1.165) is 0 Å². The van der Waals surface area contributed by atoms with Crippen molar-refractivity contribution < 1.29 is 82.0 Å². The summed E-state index contributed by atoms with van der Waals surface area (Å²) in [6.07, 6.45) is 0. The topological polar surface area (TPSA) is 284 Å². The molecule has 0 atom stereocenters. The fourth-order valence-corrected chi connectivity index (χ4v) is 0. The van der Waals surface area contributed by atoms with Gasteiger partial charge in [0.25, 0.3) is 0 Å². The molecule has 0 amide bonds. The average Bonchev–Trinajstić information content (AvgIpc) is 0. The van der Waals surface area contributed by atoms with E-state index >= 15 is 0 Å². The van der Waals surface area contributed by atoms with Crippen LogP contribution >= 0.6 is 0 Å². The maximum atomic E-state index is 0. The van der Waals surface area contributed by atoms with Crippen molar-refractivity contribution in [1.29, 1.82) is 0 Å². The van der Waals surface area contributed by atoms with Crippen LogP contribution in [0.15, 0.2) is 0 Å². The van der Waals surface area contributed by atoms with E-state index in [1.807, 2.05) is 0 Å². The van der Waals surface area contributed by atoms with Crippen LogP contribution in [-0.4, -0.2) is 49.3 Å². The Morgan fingerprint density at radius 1 is 0.200 bits per heavy atom. The van der Waals surface area contributed by atoms with Gasteiger partial charge in [-0.05, 0) is 0 Å². The molecule has 0 aromatic heterocycles. The fraction of sp³-hybridized carbons (Fsp3) is 0. The Morgan fingerprint density at radius 3 is 0.200 bits per heavy atom. The fourth-order valence-electron chi connectivity index (χ4n) is 0. The minimum atomic E-state index is 0. The number of hydrogen-bond acceptors (Lipinski definition) is 0. The zero-order valence-electron chi connectivity index (χ0n) is 5.08. The summed E-state index contributed by atoms with van der Waals surface area (Å²) in [5.41, 5.74) is 0. The molecule has 9 nitrogen and oxygen atoms in total. The summed E-state index contributed by atoms with van der Waals surface area (Å²) in [6.45, 7) is 0. The van der Waals surface area contributed by atoms with Crippen LogP contribution in [0.4, 0.5) is 0 Å². The molecule has 0 rings (SSSR count). The van der Waals surface area contributed by atoms with E-state index < -0.39 is 0 Å². The Hall–Kier alpha value is 0.744. The van der Waals surface area contributed by atoms with Gasteiger partial charge in [-0.2, -0.15) is 0 Å². The summed E-state index contributed by atoms with van der Waals surface area (Å²) in [6, 6.07) is 0. The standard InChI is InChI=1S/9H2O.Y/h9*1H2;. The zero-order chi connectivity index (χ0) is 0. The number of rotatable bonds is 0. The Labute approximate surface area is 82.1 Å². The Bertz CT molecular complexity index is 4.69. The largest absolute Gasteiger partial charge is 0.412 e. The first-order chi connectivity index (χ1) is 0. The van der Waals surface area contributed by atoms with Crippen molar-refractivity contribution in [3.05, 3.63) is 0 Å². The molecule has 18 N–H and O–H groups in total. The van der Waals surface area contributed by atoms with Crippen molar-refractivity contribution in [1.82, 2.24) is 0 Å². The molecular formula is H18O9Y. The summed E-state index contributed by atoms with van der Waals surface area (Å²) in [4.78, 5) is 0. The summed E-state index contributed by atoms with van der Waals surface area (Å²) in [5.74, 6) is 0. The third-order valence-electron chi connectivity index (χ3n) is 0. The molecule has 0 fully saturated rings. The molecule has 0 spiro atoms. The van der Waals surface area contributed by atoms with Crippen LogP contribution in [0.3, 0.4) is 0 Å². The van der Waals surface area contributed by atoms with Crippen molar-refractivity contribution in [3.8, 4) is 0 Å². The quantitative estimate of drug-likeness (QED) is 0.387. The molecule has 0 heterocycles. The van der Waals surface area contributed by atoms with Crippen LogP contribution in [0.1, 0.15) is 0 Å². The van der Waals surface area contributed by atoms with Crippen LogP contribution in [-0.2, 0) is 32.7 Å². The molecule has 75 valence electrons. The first-order valence-corrected chi connectivity index (χ1v) is 0. The van der Waals surface area contributed by atoms with E-state index in [9.17, 15) is 0 Å². The van der Waals surface area contributed by atoms with Gasteiger partial charge in [0.15, 0.2) is 0 Å². The van der Waals surface area contributed by atoms with Crippen molar-refractivity contribution in [2.45, 2.75) is 0 Å². The first kappa shape index (κ1) is 1840. The van der Waals surface area contributed by atoms with Gasteiger partial charge in [0, 0.05) is 32.7 Å². The molecule has 1 radical (unpaired) electrons. The van der Waals surface area contributed by atoms with Crippen LogP contribution in [0.25, 0.3) is 0 Å². The molecule has 0 saturated carbocycles. The molecular weight excluding hydrogens is 233 g/mol. The van der Waals surface area contributed by atoms with E-state index in [1.165, 1.54) is 0 Å². The third kappa shape index (κ3) is 948. The smallest absolute Gasteiger partial charge is 0 e. The van der Waals surface area contributed by atoms with Gasteiger partial charge in [0.05, 0.1) is 0 Å². The van der Waals surface area contributed by atoms with Gasteiger partial charge < -0.3 is 49.3 Å². The Kier molecular flexibility index (Phi) is 248000. The third-order valence-corrected chi connectivity index (χ3v) is 0. The molecule has 10 heavy (non-hydrogen) atoms. The van der Waals surface area contributed by atoms with Gasteiger partial charge in [-0.25, -0.2) is 0 Å². The second-order valence-corrected chi connectivity index (χ2v) is 0. The van der Waals surface area contributed by atoms with Crippen LogP contribution in [0.2, 0.25) is 0 Å². The predicted octanol–water partition coefficient (Wildman–Crippen LogP) is -7.42. The minimum Gasteiger partial charge on any atom is -0.412 e. The van der Waals surface area contributed by atoms with E-state index in [1.54, 1.807) is 0 Å². The van der Waals surface area contributed by atoms with Crippen molar-refractivity contribution in [2.75, 3.05) is 0 Å². The van der Waals surface area contributed by atoms with Gasteiger partial charge in [0.2, 0.25) is 0 Å². The van der Waals surface area contributed by atoms with Gasteiger partial charge in [-0.1, -0.05) is 0 Å². The SMILES string of the molecule is O.O.O.O.O.O.O.O.O.[Y]. The Morgan fingerprint density at radius 2 is 0.200 bits per heavy atom. The zero-order valence-corrected chi connectivity index (χ0v) is 7.92.